The molecule has 1 atom stereocenters. The Hall–Kier alpha value is -0.830. The molecule has 0 spiro atoms. The van der Waals surface area contributed by atoms with Crippen molar-refractivity contribution in [2.24, 2.45) is 5.92 Å². The van der Waals surface area contributed by atoms with E-state index in [2.05, 4.69) is 17.2 Å². The second-order valence-electron chi connectivity index (χ2n) is 3.84. The normalized spacial score (nSPS) is 21.6. The van der Waals surface area contributed by atoms with Crippen molar-refractivity contribution in [3.05, 3.63) is 12.7 Å². The summed E-state index contributed by atoms with van der Waals surface area (Å²) in [6.07, 6.45) is 5.89. The Morgan fingerprint density at radius 1 is 1.64 bits per heavy atom. The highest BCUT2D eigenvalue weighted by Crippen LogP contribution is 2.15. The SMILES string of the molecule is C=CCNC(=O)CCC1CCCNC1. The highest BCUT2D eigenvalue weighted by Gasteiger charge is 2.13. The molecule has 0 saturated carbocycles. The fourth-order valence-electron chi connectivity index (χ4n) is 1.78. The minimum atomic E-state index is 0.149. The lowest BCUT2D eigenvalue weighted by Gasteiger charge is -2.22. The summed E-state index contributed by atoms with van der Waals surface area (Å²) in [5.41, 5.74) is 0. The molecule has 1 saturated heterocycles. The van der Waals surface area contributed by atoms with Gasteiger partial charge in [0.05, 0.1) is 0 Å². The average molecular weight is 196 g/mol. The van der Waals surface area contributed by atoms with E-state index in [0.29, 0.717) is 18.9 Å². The van der Waals surface area contributed by atoms with Crippen LogP contribution in [0.15, 0.2) is 12.7 Å². The third-order valence-corrected chi connectivity index (χ3v) is 2.62. The molecule has 1 fully saturated rings. The largest absolute Gasteiger partial charge is 0.353 e. The molecule has 1 unspecified atom stereocenters. The van der Waals surface area contributed by atoms with Crippen molar-refractivity contribution in [1.29, 1.82) is 0 Å². The molecule has 0 bridgehead atoms. The van der Waals surface area contributed by atoms with Crippen LogP contribution < -0.4 is 10.6 Å². The second-order valence-corrected chi connectivity index (χ2v) is 3.84. The van der Waals surface area contributed by atoms with E-state index >= 15 is 0 Å². The third-order valence-electron chi connectivity index (χ3n) is 2.62. The van der Waals surface area contributed by atoms with Crippen LogP contribution in [-0.4, -0.2) is 25.5 Å². The fraction of sp³-hybridized carbons (Fsp3) is 0.727. The number of carbonyl (C=O) groups excluding carboxylic acids is 1. The maximum absolute atomic E-state index is 11.3. The van der Waals surface area contributed by atoms with Gasteiger partial charge in [-0.15, -0.1) is 6.58 Å². The van der Waals surface area contributed by atoms with Crippen LogP contribution in [0, 0.1) is 5.92 Å². The predicted molar refractivity (Wildman–Crippen MR) is 58.0 cm³/mol. The van der Waals surface area contributed by atoms with E-state index in [1.54, 1.807) is 6.08 Å². The molecule has 0 aromatic heterocycles. The van der Waals surface area contributed by atoms with Gasteiger partial charge < -0.3 is 10.6 Å². The zero-order chi connectivity index (χ0) is 10.2. The van der Waals surface area contributed by atoms with Gasteiger partial charge in [-0.25, -0.2) is 0 Å². The van der Waals surface area contributed by atoms with E-state index in [4.69, 9.17) is 0 Å². The summed E-state index contributed by atoms with van der Waals surface area (Å²) in [7, 11) is 0. The molecule has 1 amide bonds. The van der Waals surface area contributed by atoms with E-state index in [-0.39, 0.29) is 5.91 Å². The van der Waals surface area contributed by atoms with Crippen LogP contribution in [0.2, 0.25) is 0 Å². The van der Waals surface area contributed by atoms with Gasteiger partial charge in [-0.2, -0.15) is 0 Å². The van der Waals surface area contributed by atoms with E-state index < -0.39 is 0 Å². The van der Waals surface area contributed by atoms with Crippen LogP contribution >= 0.6 is 0 Å². The van der Waals surface area contributed by atoms with Crippen LogP contribution in [-0.2, 0) is 4.79 Å². The molecular formula is C11H20N2O. The van der Waals surface area contributed by atoms with Crippen LogP contribution in [0.4, 0.5) is 0 Å². The van der Waals surface area contributed by atoms with Crippen molar-refractivity contribution in [3.63, 3.8) is 0 Å². The monoisotopic (exact) mass is 196 g/mol. The third kappa shape index (κ3) is 4.42. The Labute approximate surface area is 86.0 Å². The van der Waals surface area contributed by atoms with Gasteiger partial charge in [-0.1, -0.05) is 6.08 Å². The topological polar surface area (TPSA) is 41.1 Å². The maximum atomic E-state index is 11.3. The molecule has 1 heterocycles. The minimum absolute atomic E-state index is 0.149. The van der Waals surface area contributed by atoms with Gasteiger partial charge in [0.2, 0.25) is 5.91 Å². The van der Waals surface area contributed by atoms with Crippen LogP contribution in [0.1, 0.15) is 25.7 Å². The molecule has 3 heteroatoms. The first-order valence-corrected chi connectivity index (χ1v) is 5.41. The molecule has 80 valence electrons. The van der Waals surface area contributed by atoms with Crippen molar-refractivity contribution >= 4 is 5.91 Å². The number of rotatable bonds is 5. The summed E-state index contributed by atoms with van der Waals surface area (Å²) in [6, 6.07) is 0. The predicted octanol–water partition coefficient (Wildman–Crippen LogP) is 1.07. The lowest BCUT2D eigenvalue weighted by Crippen LogP contribution is -2.31. The van der Waals surface area contributed by atoms with Gasteiger partial charge in [-0.3, -0.25) is 4.79 Å². The Morgan fingerprint density at radius 2 is 2.50 bits per heavy atom. The first-order chi connectivity index (χ1) is 6.83. The average Bonchev–Trinajstić information content (AvgIpc) is 2.25. The van der Waals surface area contributed by atoms with Crippen molar-refractivity contribution in [2.75, 3.05) is 19.6 Å². The molecular weight excluding hydrogens is 176 g/mol. The summed E-state index contributed by atoms with van der Waals surface area (Å²) < 4.78 is 0. The summed E-state index contributed by atoms with van der Waals surface area (Å²) in [4.78, 5) is 11.3. The molecule has 0 radical (unpaired) electrons. The number of amides is 1. The van der Waals surface area contributed by atoms with Crippen LogP contribution in [0.5, 0.6) is 0 Å². The van der Waals surface area contributed by atoms with Crippen molar-refractivity contribution in [3.8, 4) is 0 Å². The quantitative estimate of drug-likeness (QED) is 0.646. The Morgan fingerprint density at radius 3 is 3.14 bits per heavy atom. The Bertz CT molecular complexity index is 186. The molecule has 0 aromatic rings. The van der Waals surface area contributed by atoms with E-state index in [9.17, 15) is 4.79 Å². The summed E-state index contributed by atoms with van der Waals surface area (Å²) >= 11 is 0. The Balaban J connectivity index is 2.06. The number of carbonyl (C=O) groups is 1. The zero-order valence-electron chi connectivity index (χ0n) is 8.72. The highest BCUT2D eigenvalue weighted by atomic mass is 16.1. The van der Waals surface area contributed by atoms with Crippen molar-refractivity contribution in [1.82, 2.24) is 10.6 Å². The van der Waals surface area contributed by atoms with Crippen LogP contribution in [0.3, 0.4) is 0 Å². The summed E-state index contributed by atoms with van der Waals surface area (Å²) in [5, 5.41) is 6.15. The fourth-order valence-corrected chi connectivity index (χ4v) is 1.78. The van der Waals surface area contributed by atoms with E-state index in [1.165, 1.54) is 12.8 Å². The van der Waals surface area contributed by atoms with Gasteiger partial charge >= 0.3 is 0 Å². The molecule has 2 N–H and O–H groups in total. The highest BCUT2D eigenvalue weighted by molar-refractivity contribution is 5.75. The summed E-state index contributed by atoms with van der Waals surface area (Å²) in [6.45, 7) is 6.36. The van der Waals surface area contributed by atoms with E-state index in [0.717, 1.165) is 19.5 Å². The van der Waals surface area contributed by atoms with Gasteiger partial charge in [0, 0.05) is 13.0 Å². The molecule has 1 rings (SSSR count). The second kappa shape index (κ2) is 6.60. The lowest BCUT2D eigenvalue weighted by atomic mass is 9.94. The number of piperidine rings is 1. The minimum Gasteiger partial charge on any atom is -0.353 e. The molecule has 0 aromatic carbocycles. The first-order valence-electron chi connectivity index (χ1n) is 5.41. The number of nitrogens with one attached hydrogen (secondary N) is 2. The molecule has 14 heavy (non-hydrogen) atoms. The smallest absolute Gasteiger partial charge is 0.220 e. The van der Waals surface area contributed by atoms with Gasteiger partial charge in [0.1, 0.15) is 0 Å². The Kier molecular flexibility index (Phi) is 5.30. The standard InChI is InChI=1S/C11H20N2O/c1-2-7-13-11(14)6-5-10-4-3-8-12-9-10/h2,10,12H,1,3-9H2,(H,13,14). The lowest BCUT2D eigenvalue weighted by molar-refractivity contribution is -0.121. The van der Waals surface area contributed by atoms with Gasteiger partial charge in [0.25, 0.3) is 0 Å². The van der Waals surface area contributed by atoms with E-state index in [1.807, 2.05) is 0 Å². The number of hydrogen-bond donors (Lipinski definition) is 2. The molecule has 3 nitrogen and oxygen atoms in total. The first kappa shape index (κ1) is 11.2. The maximum Gasteiger partial charge on any atom is 0.220 e. The van der Waals surface area contributed by atoms with Crippen molar-refractivity contribution in [2.45, 2.75) is 25.7 Å². The molecule has 0 aliphatic carbocycles. The van der Waals surface area contributed by atoms with Crippen molar-refractivity contribution < 1.29 is 4.79 Å². The summed E-state index contributed by atoms with van der Waals surface area (Å²) in [5.74, 6) is 0.841. The number of hydrogen-bond acceptors (Lipinski definition) is 2. The molecule has 1 aliphatic rings. The van der Waals surface area contributed by atoms with Crippen LogP contribution in [0.25, 0.3) is 0 Å². The molecule has 1 aliphatic heterocycles. The zero-order valence-corrected chi connectivity index (χ0v) is 8.72. The van der Waals surface area contributed by atoms with Gasteiger partial charge in [-0.05, 0) is 38.3 Å². The van der Waals surface area contributed by atoms with Gasteiger partial charge in [0.15, 0.2) is 0 Å².